The number of quaternary nitrogens is 1. The highest BCUT2D eigenvalue weighted by molar-refractivity contribution is 5.91. The molecular formula is C28H45N2O2+. The van der Waals surface area contributed by atoms with Crippen LogP contribution in [0.1, 0.15) is 87.5 Å². The zero-order valence-corrected chi connectivity index (χ0v) is 22.1. The van der Waals surface area contributed by atoms with Crippen LogP contribution in [0.3, 0.4) is 0 Å². The van der Waals surface area contributed by atoms with E-state index in [1.54, 1.807) is 6.08 Å². The number of nitrogens with zero attached hydrogens (tertiary/aromatic N) is 1. The maximum atomic E-state index is 14.1. The van der Waals surface area contributed by atoms with Gasteiger partial charge in [-0.2, -0.15) is 0 Å². The van der Waals surface area contributed by atoms with Gasteiger partial charge in [-0.25, -0.2) is 4.79 Å². The Bertz CT molecular complexity index is 940. The molecule has 1 heterocycles. The second-order valence-corrected chi connectivity index (χ2v) is 13.8. The van der Waals surface area contributed by atoms with Gasteiger partial charge in [0.2, 0.25) is 5.91 Å². The van der Waals surface area contributed by atoms with E-state index in [9.17, 15) is 9.59 Å². The standard InChI is InChI=1S/C28H44N2O2/c1-23(2,3)30(9,10)22(32)19-11-15-26(6)24(19,4)17-18-27(7)25(5)14-13-21(31)29-20(25)12-16-28(26,27)8/h12-14,19H,11,15-18H2,1-10H3/p+1. The van der Waals surface area contributed by atoms with Gasteiger partial charge in [0.15, 0.2) is 0 Å². The first-order chi connectivity index (χ1) is 14.4. The van der Waals surface area contributed by atoms with E-state index in [-0.39, 0.29) is 44.4 Å². The van der Waals surface area contributed by atoms with Gasteiger partial charge in [-0.3, -0.25) is 9.28 Å². The van der Waals surface area contributed by atoms with Crippen LogP contribution in [0.25, 0.3) is 0 Å². The van der Waals surface area contributed by atoms with Crippen molar-refractivity contribution in [1.29, 1.82) is 0 Å². The molecule has 2 saturated carbocycles. The van der Waals surface area contributed by atoms with Gasteiger partial charge in [0, 0.05) is 17.2 Å². The largest absolute Gasteiger partial charge is 0.326 e. The first-order valence-electron chi connectivity index (χ1n) is 12.5. The first-order valence-corrected chi connectivity index (χ1v) is 12.5. The average molecular weight is 442 g/mol. The third-order valence-electron chi connectivity index (χ3n) is 12.3. The van der Waals surface area contributed by atoms with Crippen LogP contribution >= 0.6 is 0 Å². The molecule has 1 aliphatic heterocycles. The molecule has 2 amide bonds. The number of nitrogens with one attached hydrogen (secondary N) is 1. The van der Waals surface area contributed by atoms with E-state index in [1.807, 2.05) is 0 Å². The summed E-state index contributed by atoms with van der Waals surface area (Å²) in [7, 11) is 4.20. The van der Waals surface area contributed by atoms with Gasteiger partial charge in [-0.15, -0.1) is 0 Å². The maximum absolute atomic E-state index is 14.1. The van der Waals surface area contributed by atoms with Crippen LogP contribution < -0.4 is 5.32 Å². The van der Waals surface area contributed by atoms with Crippen LogP contribution in [0.4, 0.5) is 0 Å². The number of amides is 2. The van der Waals surface area contributed by atoms with E-state index in [2.05, 4.69) is 87.0 Å². The Labute approximate surface area is 195 Å². The van der Waals surface area contributed by atoms with Crippen molar-refractivity contribution in [2.24, 2.45) is 33.0 Å². The van der Waals surface area contributed by atoms with Gasteiger partial charge in [0.1, 0.15) is 0 Å². The van der Waals surface area contributed by atoms with E-state index in [0.717, 1.165) is 37.8 Å². The molecule has 6 unspecified atom stereocenters. The van der Waals surface area contributed by atoms with Gasteiger partial charge in [0.25, 0.3) is 0 Å². The van der Waals surface area contributed by atoms with Gasteiger partial charge in [0.05, 0.1) is 25.6 Å². The predicted octanol–water partition coefficient (Wildman–Crippen LogP) is 5.60. The van der Waals surface area contributed by atoms with Crippen molar-refractivity contribution in [2.45, 2.75) is 93.0 Å². The Balaban J connectivity index is 1.81. The molecule has 2 fully saturated rings. The Morgan fingerprint density at radius 1 is 1.00 bits per heavy atom. The molecule has 0 bridgehead atoms. The van der Waals surface area contributed by atoms with Crippen LogP contribution in [-0.2, 0) is 9.59 Å². The minimum absolute atomic E-state index is 0.00881. The number of carbonyl (C=O) groups is 2. The van der Waals surface area contributed by atoms with Crippen molar-refractivity contribution in [3.63, 3.8) is 0 Å². The zero-order valence-electron chi connectivity index (χ0n) is 22.1. The van der Waals surface area contributed by atoms with Crippen LogP contribution in [0.2, 0.25) is 0 Å². The molecule has 0 aromatic heterocycles. The average Bonchev–Trinajstić information content (AvgIpc) is 2.96. The van der Waals surface area contributed by atoms with Crippen molar-refractivity contribution < 1.29 is 14.1 Å². The molecule has 4 heteroatoms. The number of hydrogen-bond acceptors (Lipinski definition) is 2. The first kappa shape index (κ1) is 23.7. The van der Waals surface area contributed by atoms with Gasteiger partial charge >= 0.3 is 5.91 Å². The van der Waals surface area contributed by atoms with E-state index in [4.69, 9.17) is 0 Å². The molecule has 1 N–H and O–H groups in total. The normalized spacial score (nSPS) is 46.0. The summed E-state index contributed by atoms with van der Waals surface area (Å²) in [6, 6.07) is 0. The lowest BCUT2D eigenvalue weighted by molar-refractivity contribution is -0.865. The van der Waals surface area contributed by atoms with E-state index < -0.39 is 0 Å². The quantitative estimate of drug-likeness (QED) is 0.539. The molecule has 3 aliphatic carbocycles. The smallest absolute Gasteiger partial charge is 0.317 e. The lowest BCUT2D eigenvalue weighted by Crippen LogP contribution is -2.68. The molecule has 4 aliphatic rings. The Morgan fingerprint density at radius 2 is 1.62 bits per heavy atom. The minimum atomic E-state index is -0.193. The molecule has 0 spiro atoms. The second kappa shape index (κ2) is 6.37. The molecule has 0 radical (unpaired) electrons. The van der Waals surface area contributed by atoms with Gasteiger partial charge in [-0.1, -0.05) is 46.8 Å². The third kappa shape index (κ3) is 2.43. The molecule has 178 valence electrons. The fourth-order valence-corrected chi connectivity index (χ4v) is 8.26. The zero-order chi connectivity index (χ0) is 24.2. The lowest BCUT2D eigenvalue weighted by atomic mass is 9.32. The summed E-state index contributed by atoms with van der Waals surface area (Å²) >= 11 is 0. The SMILES string of the molecule is CC12C=CC(=O)NC1=CCC1(C)C2(C)CCC2(C)C(C(=O)[N+](C)(C)C(C)(C)C)CCC21C. The summed E-state index contributed by atoms with van der Waals surface area (Å²) in [4.78, 5) is 26.2. The number of allylic oxidation sites excluding steroid dienone is 2. The third-order valence-corrected chi connectivity index (χ3v) is 12.3. The molecule has 32 heavy (non-hydrogen) atoms. The highest BCUT2D eigenvalue weighted by Crippen LogP contribution is 2.80. The summed E-state index contributed by atoms with van der Waals surface area (Å²) in [5, 5.41) is 3.16. The molecule has 4 nitrogen and oxygen atoms in total. The van der Waals surface area contributed by atoms with Gasteiger partial charge < -0.3 is 5.32 Å². The minimum Gasteiger partial charge on any atom is -0.326 e. The Kier molecular flexibility index (Phi) is 4.72. The molecule has 6 atom stereocenters. The Hall–Kier alpha value is -1.42. The van der Waals surface area contributed by atoms with E-state index in [1.165, 1.54) is 0 Å². The topological polar surface area (TPSA) is 46.2 Å². The summed E-state index contributed by atoms with van der Waals surface area (Å²) < 4.78 is 0.424. The second-order valence-electron chi connectivity index (χ2n) is 13.8. The van der Waals surface area contributed by atoms with Gasteiger partial charge in [-0.05, 0) is 74.5 Å². The van der Waals surface area contributed by atoms with Crippen molar-refractivity contribution in [1.82, 2.24) is 5.32 Å². The number of rotatable bonds is 1. The van der Waals surface area contributed by atoms with E-state index >= 15 is 0 Å². The molecule has 4 rings (SSSR count). The maximum Gasteiger partial charge on any atom is 0.317 e. The number of fused-ring (bicyclic) bond motifs is 5. The summed E-state index contributed by atoms with van der Waals surface area (Å²) in [5.41, 5.74) is 0.823. The van der Waals surface area contributed by atoms with Crippen molar-refractivity contribution in [2.75, 3.05) is 14.1 Å². The highest BCUT2D eigenvalue weighted by Gasteiger charge is 2.75. The summed E-state index contributed by atoms with van der Waals surface area (Å²) in [6.45, 7) is 18.7. The van der Waals surface area contributed by atoms with Crippen molar-refractivity contribution in [3.8, 4) is 0 Å². The van der Waals surface area contributed by atoms with Crippen molar-refractivity contribution >= 4 is 11.8 Å². The Morgan fingerprint density at radius 3 is 2.22 bits per heavy atom. The molecule has 0 aromatic rings. The van der Waals surface area contributed by atoms with Crippen molar-refractivity contribution in [3.05, 3.63) is 23.9 Å². The lowest BCUT2D eigenvalue weighted by Gasteiger charge is -2.71. The molecular weight excluding hydrogens is 396 g/mol. The van der Waals surface area contributed by atoms with Crippen LogP contribution in [0.5, 0.6) is 0 Å². The monoisotopic (exact) mass is 441 g/mol. The van der Waals surface area contributed by atoms with Crippen LogP contribution in [0, 0.1) is 33.0 Å². The predicted molar refractivity (Wildman–Crippen MR) is 129 cm³/mol. The molecule has 0 saturated heterocycles. The number of carbonyl (C=O) groups excluding carboxylic acids is 2. The highest BCUT2D eigenvalue weighted by atomic mass is 16.2. The molecule has 0 aromatic carbocycles. The number of hydrogen-bond donors (Lipinski definition) is 1. The summed E-state index contributed by atoms with van der Waals surface area (Å²) in [6.07, 6.45) is 11.3. The van der Waals surface area contributed by atoms with Crippen LogP contribution in [-0.4, -0.2) is 35.9 Å². The van der Waals surface area contributed by atoms with Crippen LogP contribution in [0.15, 0.2) is 23.9 Å². The fraction of sp³-hybridized carbons (Fsp3) is 0.786. The van der Waals surface area contributed by atoms with E-state index in [0.29, 0.717) is 10.4 Å². The summed E-state index contributed by atoms with van der Waals surface area (Å²) in [5.74, 6) is 0.475. The fourth-order valence-electron chi connectivity index (χ4n) is 8.26.